The van der Waals surface area contributed by atoms with Gasteiger partial charge in [0, 0.05) is 13.1 Å². The highest BCUT2D eigenvalue weighted by Gasteiger charge is 2.11. The van der Waals surface area contributed by atoms with Crippen LogP contribution in [0.2, 0.25) is 0 Å². The van der Waals surface area contributed by atoms with Gasteiger partial charge in [0.2, 0.25) is 0 Å². The summed E-state index contributed by atoms with van der Waals surface area (Å²) in [5.41, 5.74) is 0.820. The summed E-state index contributed by atoms with van der Waals surface area (Å²) in [4.78, 5) is 0. The zero-order valence-corrected chi connectivity index (χ0v) is 10.4. The van der Waals surface area contributed by atoms with E-state index in [1.54, 1.807) is 27.0 Å². The van der Waals surface area contributed by atoms with Crippen LogP contribution in [0.5, 0.6) is 5.75 Å². The van der Waals surface area contributed by atoms with Gasteiger partial charge in [0.1, 0.15) is 11.8 Å². The maximum atomic E-state index is 9.55. The van der Waals surface area contributed by atoms with Gasteiger partial charge in [0.15, 0.2) is 0 Å². The second kappa shape index (κ2) is 5.67. The molecular formula is C13H18N2O2. The van der Waals surface area contributed by atoms with E-state index in [2.05, 4.69) is 11.4 Å². The average Bonchev–Trinajstić information content (AvgIpc) is 2.27. The van der Waals surface area contributed by atoms with Crippen LogP contribution in [0.25, 0.3) is 0 Å². The zero-order chi connectivity index (χ0) is 12.9. The Morgan fingerprint density at radius 2 is 2.18 bits per heavy atom. The normalized spacial score (nSPS) is 11.0. The third-order valence-electron chi connectivity index (χ3n) is 2.27. The second-order valence-electron chi connectivity index (χ2n) is 4.56. The molecule has 0 aliphatic heterocycles. The molecule has 0 amide bonds. The van der Waals surface area contributed by atoms with Crippen molar-refractivity contribution in [1.29, 1.82) is 5.26 Å². The summed E-state index contributed by atoms with van der Waals surface area (Å²) in [6, 6.07) is 7.51. The standard InChI is InChI=1S/C13H18N2O2/c1-13(2,16)9-15-8-10-4-5-11(7-14)12(6-10)17-3/h4-6,15-16H,8-9H2,1-3H3. The molecule has 4 nitrogen and oxygen atoms in total. The van der Waals surface area contributed by atoms with Crippen molar-refractivity contribution in [1.82, 2.24) is 5.32 Å². The lowest BCUT2D eigenvalue weighted by molar-refractivity contribution is 0.0795. The van der Waals surface area contributed by atoms with Crippen LogP contribution in [0.4, 0.5) is 0 Å². The minimum absolute atomic E-state index is 0.509. The first-order valence-corrected chi connectivity index (χ1v) is 5.46. The largest absolute Gasteiger partial charge is 0.495 e. The van der Waals surface area contributed by atoms with Crippen LogP contribution in [0.3, 0.4) is 0 Å². The molecule has 0 aliphatic carbocycles. The van der Waals surface area contributed by atoms with Crippen molar-refractivity contribution >= 4 is 0 Å². The molecule has 0 spiro atoms. The quantitative estimate of drug-likeness (QED) is 0.808. The van der Waals surface area contributed by atoms with Gasteiger partial charge in [0.25, 0.3) is 0 Å². The zero-order valence-electron chi connectivity index (χ0n) is 10.4. The summed E-state index contributed by atoms with van der Waals surface area (Å²) in [6.45, 7) is 4.64. The van der Waals surface area contributed by atoms with Crippen molar-refractivity contribution in [3.63, 3.8) is 0 Å². The highest BCUT2D eigenvalue weighted by molar-refractivity contribution is 5.45. The first kappa shape index (κ1) is 13.5. The SMILES string of the molecule is COc1cc(CNCC(C)(C)O)ccc1C#N. The van der Waals surface area contributed by atoms with Gasteiger partial charge in [-0.1, -0.05) is 6.07 Å². The van der Waals surface area contributed by atoms with Crippen molar-refractivity contribution in [2.24, 2.45) is 0 Å². The number of hydrogen-bond donors (Lipinski definition) is 2. The van der Waals surface area contributed by atoms with Crippen LogP contribution >= 0.6 is 0 Å². The molecule has 0 bridgehead atoms. The minimum Gasteiger partial charge on any atom is -0.495 e. The number of hydrogen-bond acceptors (Lipinski definition) is 4. The van der Waals surface area contributed by atoms with Gasteiger partial charge in [-0.2, -0.15) is 5.26 Å². The Balaban J connectivity index is 2.64. The van der Waals surface area contributed by atoms with Crippen LogP contribution in [0.1, 0.15) is 25.0 Å². The van der Waals surface area contributed by atoms with Gasteiger partial charge >= 0.3 is 0 Å². The van der Waals surface area contributed by atoms with E-state index in [-0.39, 0.29) is 0 Å². The minimum atomic E-state index is -0.726. The fourth-order valence-corrected chi connectivity index (χ4v) is 1.45. The van der Waals surface area contributed by atoms with E-state index in [0.717, 1.165) is 5.56 Å². The number of ether oxygens (including phenoxy) is 1. The number of nitrogens with one attached hydrogen (secondary N) is 1. The molecule has 0 saturated heterocycles. The average molecular weight is 234 g/mol. The summed E-state index contributed by atoms with van der Waals surface area (Å²) >= 11 is 0. The molecule has 4 heteroatoms. The lowest BCUT2D eigenvalue weighted by Gasteiger charge is -2.17. The summed E-state index contributed by atoms with van der Waals surface area (Å²) in [6.07, 6.45) is 0. The number of nitrogens with zero attached hydrogens (tertiary/aromatic N) is 1. The van der Waals surface area contributed by atoms with Gasteiger partial charge in [-0.25, -0.2) is 0 Å². The molecule has 1 rings (SSSR count). The maximum Gasteiger partial charge on any atom is 0.136 e. The molecule has 0 fully saturated rings. The fourth-order valence-electron chi connectivity index (χ4n) is 1.45. The second-order valence-corrected chi connectivity index (χ2v) is 4.56. The Kier molecular flexibility index (Phi) is 4.50. The Labute approximate surface area is 102 Å². The lowest BCUT2D eigenvalue weighted by Crippen LogP contribution is -2.34. The fraction of sp³-hybridized carbons (Fsp3) is 0.462. The van der Waals surface area contributed by atoms with Gasteiger partial charge < -0.3 is 15.2 Å². The molecule has 1 aromatic carbocycles. The van der Waals surface area contributed by atoms with Gasteiger partial charge in [0.05, 0.1) is 18.3 Å². The maximum absolute atomic E-state index is 9.55. The molecular weight excluding hydrogens is 216 g/mol. The predicted molar refractivity (Wildman–Crippen MR) is 65.7 cm³/mol. The lowest BCUT2D eigenvalue weighted by atomic mass is 10.1. The number of aliphatic hydroxyl groups is 1. The molecule has 0 radical (unpaired) electrons. The van der Waals surface area contributed by atoms with Crippen LogP contribution in [-0.4, -0.2) is 24.4 Å². The Bertz CT molecular complexity index is 416. The summed E-state index contributed by atoms with van der Waals surface area (Å²) in [5.74, 6) is 0.579. The van der Waals surface area contributed by atoms with E-state index in [4.69, 9.17) is 10.00 Å². The smallest absolute Gasteiger partial charge is 0.136 e. The third-order valence-corrected chi connectivity index (χ3v) is 2.27. The van der Waals surface area contributed by atoms with Crippen molar-refractivity contribution in [2.45, 2.75) is 26.0 Å². The molecule has 0 unspecified atom stereocenters. The van der Waals surface area contributed by atoms with Crippen LogP contribution in [-0.2, 0) is 6.54 Å². The van der Waals surface area contributed by atoms with Crippen molar-refractivity contribution in [3.05, 3.63) is 29.3 Å². The highest BCUT2D eigenvalue weighted by Crippen LogP contribution is 2.19. The predicted octanol–water partition coefficient (Wildman–Crippen LogP) is 1.43. The van der Waals surface area contributed by atoms with E-state index in [9.17, 15) is 5.11 Å². The molecule has 0 atom stereocenters. The number of benzene rings is 1. The number of rotatable bonds is 5. The molecule has 1 aromatic rings. The Hall–Kier alpha value is -1.57. The molecule has 0 aromatic heterocycles. The van der Waals surface area contributed by atoms with Gasteiger partial charge in [-0.15, -0.1) is 0 Å². The topological polar surface area (TPSA) is 65.3 Å². The van der Waals surface area contributed by atoms with Crippen molar-refractivity contribution in [2.75, 3.05) is 13.7 Å². The molecule has 0 aliphatic rings. The van der Waals surface area contributed by atoms with Crippen LogP contribution in [0.15, 0.2) is 18.2 Å². The van der Waals surface area contributed by atoms with E-state index >= 15 is 0 Å². The van der Waals surface area contributed by atoms with Gasteiger partial charge in [-0.3, -0.25) is 0 Å². The van der Waals surface area contributed by atoms with Crippen LogP contribution in [0, 0.1) is 11.3 Å². The monoisotopic (exact) mass is 234 g/mol. The molecule has 0 saturated carbocycles. The first-order chi connectivity index (χ1) is 7.96. The highest BCUT2D eigenvalue weighted by atomic mass is 16.5. The van der Waals surface area contributed by atoms with E-state index in [0.29, 0.717) is 24.4 Å². The van der Waals surface area contributed by atoms with E-state index in [1.807, 2.05) is 12.1 Å². The molecule has 2 N–H and O–H groups in total. The molecule has 0 heterocycles. The van der Waals surface area contributed by atoms with Gasteiger partial charge in [-0.05, 0) is 31.5 Å². The third kappa shape index (κ3) is 4.43. The van der Waals surface area contributed by atoms with E-state index < -0.39 is 5.60 Å². The molecule has 17 heavy (non-hydrogen) atoms. The Morgan fingerprint density at radius 1 is 1.47 bits per heavy atom. The first-order valence-electron chi connectivity index (χ1n) is 5.46. The van der Waals surface area contributed by atoms with Crippen molar-refractivity contribution < 1.29 is 9.84 Å². The summed E-state index contributed by atoms with van der Waals surface area (Å²) < 4.78 is 5.12. The summed E-state index contributed by atoms with van der Waals surface area (Å²) in [7, 11) is 1.55. The van der Waals surface area contributed by atoms with Crippen molar-refractivity contribution in [3.8, 4) is 11.8 Å². The van der Waals surface area contributed by atoms with Crippen LogP contribution < -0.4 is 10.1 Å². The molecule has 92 valence electrons. The number of methoxy groups -OCH3 is 1. The summed E-state index contributed by atoms with van der Waals surface area (Å²) in [5, 5.41) is 21.5. The number of nitriles is 1. The Morgan fingerprint density at radius 3 is 2.71 bits per heavy atom. The van der Waals surface area contributed by atoms with E-state index in [1.165, 1.54) is 0 Å².